The molecule has 0 unspecified atom stereocenters. The molecule has 3 heterocycles. The summed E-state index contributed by atoms with van der Waals surface area (Å²) in [6.07, 6.45) is 5.84. The Balaban J connectivity index is 1.49. The first-order valence-electron chi connectivity index (χ1n) is 9.68. The third-order valence-electron chi connectivity index (χ3n) is 4.63. The Hall–Kier alpha value is -3.34. The lowest BCUT2D eigenvalue weighted by Gasteiger charge is -2.09. The van der Waals surface area contributed by atoms with E-state index in [9.17, 15) is 8.42 Å². The van der Waals surface area contributed by atoms with Gasteiger partial charge in [0.1, 0.15) is 5.65 Å². The number of methoxy groups -OCH3 is 1. The largest absolute Gasteiger partial charge is 0.385 e. The summed E-state index contributed by atoms with van der Waals surface area (Å²) in [5.74, 6) is 0.409. The van der Waals surface area contributed by atoms with Gasteiger partial charge in [0.05, 0.1) is 10.6 Å². The molecule has 0 spiro atoms. The summed E-state index contributed by atoms with van der Waals surface area (Å²) in [4.78, 5) is 16.4. The fourth-order valence-electron chi connectivity index (χ4n) is 3.11. The number of ether oxygens (including phenoxy) is 1. The van der Waals surface area contributed by atoms with E-state index in [1.807, 2.05) is 24.4 Å². The molecule has 1 aromatic carbocycles. The molecular weight excluding hydrogens is 416 g/mol. The lowest BCUT2D eigenvalue weighted by Crippen LogP contribution is -2.25. The fourth-order valence-corrected chi connectivity index (χ4v) is 4.18. The molecule has 160 valence electrons. The van der Waals surface area contributed by atoms with Crippen LogP contribution in [-0.2, 0) is 14.8 Å². The summed E-state index contributed by atoms with van der Waals surface area (Å²) < 4.78 is 32.2. The summed E-state index contributed by atoms with van der Waals surface area (Å²) in [5.41, 5.74) is 3.16. The highest BCUT2D eigenvalue weighted by atomic mass is 32.2. The van der Waals surface area contributed by atoms with Gasteiger partial charge in [-0.3, -0.25) is 0 Å². The van der Waals surface area contributed by atoms with Crippen LogP contribution in [0.4, 0.5) is 11.6 Å². The number of pyridine rings is 1. The molecule has 0 saturated carbocycles. The maximum atomic E-state index is 12.3. The topological polar surface area (TPSA) is 122 Å². The minimum absolute atomic E-state index is 0.191. The van der Waals surface area contributed by atoms with E-state index < -0.39 is 10.0 Å². The van der Waals surface area contributed by atoms with Gasteiger partial charge in [-0.1, -0.05) is 0 Å². The molecular formula is C21H22N6O3S. The average molecular weight is 439 g/mol. The summed E-state index contributed by atoms with van der Waals surface area (Å²) >= 11 is 0. The van der Waals surface area contributed by atoms with E-state index in [4.69, 9.17) is 4.74 Å². The molecule has 9 nitrogen and oxygen atoms in total. The first kappa shape index (κ1) is 20.9. The van der Waals surface area contributed by atoms with Crippen molar-refractivity contribution in [2.24, 2.45) is 0 Å². The van der Waals surface area contributed by atoms with Gasteiger partial charge in [0.2, 0.25) is 16.0 Å². The quantitative estimate of drug-likeness (QED) is 0.343. The number of nitrogens with one attached hydrogen (secondary N) is 3. The van der Waals surface area contributed by atoms with Gasteiger partial charge in [0, 0.05) is 55.5 Å². The molecule has 0 aliphatic rings. The molecule has 3 aromatic heterocycles. The monoisotopic (exact) mass is 438 g/mol. The van der Waals surface area contributed by atoms with Crippen LogP contribution in [0.15, 0.2) is 66.0 Å². The first-order valence-corrected chi connectivity index (χ1v) is 11.2. The first-order chi connectivity index (χ1) is 15.1. The van der Waals surface area contributed by atoms with E-state index in [0.717, 1.165) is 22.3 Å². The molecule has 0 saturated heterocycles. The number of anilines is 2. The number of rotatable bonds is 9. The normalized spacial score (nSPS) is 11.6. The second-order valence-electron chi connectivity index (χ2n) is 6.76. The average Bonchev–Trinajstić information content (AvgIpc) is 3.26. The number of aromatic amines is 1. The van der Waals surface area contributed by atoms with Crippen LogP contribution in [0.5, 0.6) is 0 Å². The number of hydrogen-bond donors (Lipinski definition) is 3. The Morgan fingerprint density at radius 1 is 1.03 bits per heavy atom. The van der Waals surface area contributed by atoms with E-state index in [1.54, 1.807) is 31.6 Å². The number of hydrogen-bond acceptors (Lipinski definition) is 7. The van der Waals surface area contributed by atoms with Crippen LogP contribution in [0.25, 0.3) is 22.3 Å². The van der Waals surface area contributed by atoms with Crippen LogP contribution in [0.2, 0.25) is 0 Å². The van der Waals surface area contributed by atoms with Gasteiger partial charge in [0.15, 0.2) is 0 Å². The molecule has 0 fully saturated rings. The van der Waals surface area contributed by atoms with Crippen LogP contribution < -0.4 is 10.0 Å². The molecule has 31 heavy (non-hydrogen) atoms. The third-order valence-corrected chi connectivity index (χ3v) is 6.11. The fraction of sp³-hybridized carbons (Fsp3) is 0.190. The molecule has 0 atom stereocenters. The molecule has 4 rings (SSSR count). The van der Waals surface area contributed by atoms with E-state index in [0.29, 0.717) is 31.2 Å². The molecule has 10 heteroatoms. The molecule has 0 radical (unpaired) electrons. The highest BCUT2D eigenvalue weighted by Gasteiger charge is 2.13. The molecule has 3 N–H and O–H groups in total. The Labute approximate surface area is 180 Å². The minimum atomic E-state index is -3.56. The summed E-state index contributed by atoms with van der Waals surface area (Å²) in [6.45, 7) is 0.819. The van der Waals surface area contributed by atoms with Crippen molar-refractivity contribution in [3.63, 3.8) is 0 Å². The minimum Gasteiger partial charge on any atom is -0.385 e. The maximum absolute atomic E-state index is 12.3. The van der Waals surface area contributed by atoms with Crippen LogP contribution >= 0.6 is 0 Å². The van der Waals surface area contributed by atoms with Crippen LogP contribution in [0, 0.1) is 0 Å². The Morgan fingerprint density at radius 2 is 1.84 bits per heavy atom. The molecule has 0 aliphatic carbocycles. The van der Waals surface area contributed by atoms with Crippen molar-refractivity contribution < 1.29 is 13.2 Å². The predicted molar refractivity (Wildman–Crippen MR) is 119 cm³/mol. The molecule has 0 amide bonds. The van der Waals surface area contributed by atoms with E-state index in [1.165, 1.54) is 12.1 Å². The smallest absolute Gasteiger partial charge is 0.240 e. The Bertz CT molecular complexity index is 1270. The highest BCUT2D eigenvalue weighted by molar-refractivity contribution is 7.89. The summed E-state index contributed by atoms with van der Waals surface area (Å²) in [5, 5.41) is 4.09. The maximum Gasteiger partial charge on any atom is 0.240 e. The standard InChI is InChI=1S/C21H22N6O3S/c1-30-14-2-10-25-31(28,29)16-5-3-15(4-6-16)26-21-24-13-9-19(27-21)17-7-11-22-20-18(17)8-12-23-20/h3-9,11-13,25H,2,10,14H2,1H3,(H,22,23)(H,24,26,27). The van der Waals surface area contributed by atoms with E-state index >= 15 is 0 Å². The molecule has 0 aliphatic heterocycles. The zero-order chi connectivity index (χ0) is 21.7. The van der Waals surface area contributed by atoms with Crippen molar-refractivity contribution in [1.29, 1.82) is 0 Å². The lowest BCUT2D eigenvalue weighted by atomic mass is 10.1. The Morgan fingerprint density at radius 3 is 2.65 bits per heavy atom. The van der Waals surface area contributed by atoms with Crippen LogP contribution in [-0.4, -0.2) is 48.6 Å². The molecule has 4 aromatic rings. The summed E-state index contributed by atoms with van der Waals surface area (Å²) in [6, 6.07) is 12.1. The van der Waals surface area contributed by atoms with Gasteiger partial charge in [-0.05, 0) is 48.9 Å². The summed E-state index contributed by atoms with van der Waals surface area (Å²) in [7, 11) is -1.98. The number of fused-ring (bicyclic) bond motifs is 1. The zero-order valence-electron chi connectivity index (χ0n) is 16.9. The number of benzene rings is 1. The number of aromatic nitrogens is 4. The second-order valence-corrected chi connectivity index (χ2v) is 8.52. The lowest BCUT2D eigenvalue weighted by molar-refractivity contribution is 0.196. The SMILES string of the molecule is COCCCNS(=O)(=O)c1ccc(Nc2nccc(-c3ccnc4[nH]ccc34)n2)cc1. The van der Waals surface area contributed by atoms with Gasteiger partial charge in [-0.25, -0.2) is 28.1 Å². The third kappa shape index (κ3) is 4.88. The van der Waals surface area contributed by atoms with Gasteiger partial charge in [-0.2, -0.15) is 0 Å². The van der Waals surface area contributed by atoms with E-state index in [2.05, 4.69) is 30.0 Å². The van der Waals surface area contributed by atoms with Crippen molar-refractivity contribution in [2.75, 3.05) is 25.6 Å². The van der Waals surface area contributed by atoms with Crippen molar-refractivity contribution in [3.05, 3.63) is 61.1 Å². The number of H-pyrrole nitrogens is 1. The molecule has 0 bridgehead atoms. The van der Waals surface area contributed by atoms with E-state index in [-0.39, 0.29) is 4.90 Å². The van der Waals surface area contributed by atoms with Crippen molar-refractivity contribution in [2.45, 2.75) is 11.3 Å². The van der Waals surface area contributed by atoms with Gasteiger partial charge in [0.25, 0.3) is 0 Å². The zero-order valence-corrected chi connectivity index (χ0v) is 17.7. The highest BCUT2D eigenvalue weighted by Crippen LogP contribution is 2.26. The number of sulfonamides is 1. The van der Waals surface area contributed by atoms with Crippen LogP contribution in [0.1, 0.15) is 6.42 Å². The van der Waals surface area contributed by atoms with Crippen molar-refractivity contribution >= 4 is 32.7 Å². The second kappa shape index (κ2) is 9.21. The van der Waals surface area contributed by atoms with Gasteiger partial charge >= 0.3 is 0 Å². The van der Waals surface area contributed by atoms with Crippen molar-refractivity contribution in [1.82, 2.24) is 24.7 Å². The van der Waals surface area contributed by atoms with Gasteiger partial charge < -0.3 is 15.0 Å². The van der Waals surface area contributed by atoms with Gasteiger partial charge in [-0.15, -0.1) is 0 Å². The van der Waals surface area contributed by atoms with Crippen molar-refractivity contribution in [3.8, 4) is 11.3 Å². The predicted octanol–water partition coefficient (Wildman–Crippen LogP) is 3.08. The number of nitrogens with zero attached hydrogens (tertiary/aromatic N) is 3. The van der Waals surface area contributed by atoms with Crippen LogP contribution in [0.3, 0.4) is 0 Å². The Kier molecular flexibility index (Phi) is 6.21.